The summed E-state index contributed by atoms with van der Waals surface area (Å²) >= 11 is 0. The molecule has 1 fully saturated rings. The van der Waals surface area contributed by atoms with Crippen LogP contribution in [0, 0.1) is 6.92 Å². The fourth-order valence-electron chi connectivity index (χ4n) is 2.85. The van der Waals surface area contributed by atoms with Gasteiger partial charge in [0, 0.05) is 11.6 Å². The Kier molecular flexibility index (Phi) is 4.10. The monoisotopic (exact) mass is 263 g/mol. The van der Waals surface area contributed by atoms with E-state index in [9.17, 15) is 15.0 Å². The molecule has 0 spiro atoms. The van der Waals surface area contributed by atoms with Gasteiger partial charge in [0.2, 0.25) is 0 Å². The first-order chi connectivity index (χ1) is 9.00. The van der Waals surface area contributed by atoms with Gasteiger partial charge in [0.1, 0.15) is 11.8 Å². The molecule has 0 bridgehead atoms. The van der Waals surface area contributed by atoms with Gasteiger partial charge in [0.25, 0.3) is 0 Å². The number of phenolic OH excluding ortho intramolecular Hbond substituents is 1. The van der Waals surface area contributed by atoms with E-state index in [4.69, 9.17) is 0 Å². The van der Waals surface area contributed by atoms with Crippen LogP contribution >= 0.6 is 0 Å². The third kappa shape index (κ3) is 2.89. The molecule has 0 aliphatic carbocycles. The van der Waals surface area contributed by atoms with Crippen LogP contribution in [0.15, 0.2) is 18.2 Å². The second kappa shape index (κ2) is 5.61. The molecule has 4 nitrogen and oxygen atoms in total. The normalized spacial score (nSPS) is 22.1. The van der Waals surface area contributed by atoms with Crippen molar-refractivity contribution >= 4 is 5.97 Å². The van der Waals surface area contributed by atoms with Gasteiger partial charge in [-0.15, -0.1) is 0 Å². The van der Waals surface area contributed by atoms with Gasteiger partial charge in [-0.1, -0.05) is 24.1 Å². The van der Waals surface area contributed by atoms with Crippen LogP contribution in [-0.4, -0.2) is 33.7 Å². The molecule has 0 amide bonds. The van der Waals surface area contributed by atoms with Gasteiger partial charge in [-0.2, -0.15) is 0 Å². The minimum absolute atomic E-state index is 0.0655. The number of hydrogen-bond acceptors (Lipinski definition) is 3. The van der Waals surface area contributed by atoms with Crippen molar-refractivity contribution in [2.45, 2.75) is 45.2 Å². The van der Waals surface area contributed by atoms with Crippen molar-refractivity contribution < 1.29 is 15.0 Å². The van der Waals surface area contributed by atoms with Gasteiger partial charge in [0.05, 0.1) is 0 Å². The van der Waals surface area contributed by atoms with Crippen LogP contribution in [-0.2, 0) is 4.79 Å². The first-order valence-corrected chi connectivity index (χ1v) is 6.78. The Labute approximate surface area is 113 Å². The van der Waals surface area contributed by atoms with Crippen LogP contribution < -0.4 is 0 Å². The molecule has 0 aromatic heterocycles. The van der Waals surface area contributed by atoms with Crippen molar-refractivity contribution in [1.82, 2.24) is 4.90 Å². The summed E-state index contributed by atoms with van der Waals surface area (Å²) in [6.45, 7) is 4.73. The van der Waals surface area contributed by atoms with Crippen molar-refractivity contribution in [2.24, 2.45) is 0 Å². The lowest BCUT2D eigenvalue weighted by atomic mass is 9.96. The Morgan fingerprint density at radius 3 is 2.79 bits per heavy atom. The second-order valence-corrected chi connectivity index (χ2v) is 5.39. The summed E-state index contributed by atoms with van der Waals surface area (Å²) in [5, 5.41) is 19.5. The molecular weight excluding hydrogens is 242 g/mol. The lowest BCUT2D eigenvalue weighted by molar-refractivity contribution is -0.145. The average Bonchev–Trinajstić information content (AvgIpc) is 2.36. The number of carbonyl (C=O) groups is 1. The first kappa shape index (κ1) is 13.9. The number of aryl methyl sites for hydroxylation is 1. The third-order valence-corrected chi connectivity index (χ3v) is 3.90. The predicted octanol–water partition coefficient (Wildman–Crippen LogP) is 2.70. The van der Waals surface area contributed by atoms with Gasteiger partial charge in [-0.3, -0.25) is 9.69 Å². The number of piperidine rings is 1. The summed E-state index contributed by atoms with van der Waals surface area (Å²) in [6, 6.07) is 4.62. The summed E-state index contributed by atoms with van der Waals surface area (Å²) in [7, 11) is 0. The number of likely N-dealkylation sites (tertiary alicyclic amines) is 1. The van der Waals surface area contributed by atoms with E-state index in [0.29, 0.717) is 5.56 Å². The Morgan fingerprint density at radius 1 is 1.42 bits per heavy atom. The van der Waals surface area contributed by atoms with Gasteiger partial charge >= 0.3 is 5.97 Å². The molecule has 1 aromatic carbocycles. The number of carboxylic acids is 1. The zero-order valence-electron chi connectivity index (χ0n) is 11.5. The summed E-state index contributed by atoms with van der Waals surface area (Å²) < 4.78 is 0. The van der Waals surface area contributed by atoms with E-state index >= 15 is 0 Å². The Balaban J connectivity index is 2.39. The molecule has 1 aliphatic heterocycles. The predicted molar refractivity (Wildman–Crippen MR) is 73.2 cm³/mol. The van der Waals surface area contributed by atoms with E-state index < -0.39 is 12.0 Å². The number of nitrogens with zero attached hydrogens (tertiary/aromatic N) is 1. The molecule has 2 unspecified atom stereocenters. The SMILES string of the molecule is Cc1ccc(O)c(C(C(=O)O)N2CCCCC2C)c1. The lowest BCUT2D eigenvalue weighted by Crippen LogP contribution is -2.43. The highest BCUT2D eigenvalue weighted by molar-refractivity contribution is 5.77. The molecule has 19 heavy (non-hydrogen) atoms. The fourth-order valence-corrected chi connectivity index (χ4v) is 2.85. The molecule has 104 valence electrons. The second-order valence-electron chi connectivity index (χ2n) is 5.39. The molecule has 1 saturated heterocycles. The smallest absolute Gasteiger partial charge is 0.325 e. The van der Waals surface area contributed by atoms with Crippen LogP contribution in [0.3, 0.4) is 0 Å². The molecule has 4 heteroatoms. The van der Waals surface area contributed by atoms with Crippen LogP contribution in [0.25, 0.3) is 0 Å². The Morgan fingerprint density at radius 2 is 2.16 bits per heavy atom. The topological polar surface area (TPSA) is 60.8 Å². The van der Waals surface area contributed by atoms with Gasteiger partial charge in [-0.05, 0) is 39.3 Å². The van der Waals surface area contributed by atoms with E-state index in [1.165, 1.54) is 0 Å². The van der Waals surface area contributed by atoms with Crippen molar-refractivity contribution in [3.8, 4) is 5.75 Å². The van der Waals surface area contributed by atoms with Gasteiger partial charge < -0.3 is 10.2 Å². The van der Waals surface area contributed by atoms with E-state index in [0.717, 1.165) is 31.4 Å². The van der Waals surface area contributed by atoms with Crippen molar-refractivity contribution in [2.75, 3.05) is 6.54 Å². The molecule has 2 N–H and O–H groups in total. The third-order valence-electron chi connectivity index (χ3n) is 3.90. The van der Waals surface area contributed by atoms with Crippen LogP contribution in [0.4, 0.5) is 0 Å². The molecule has 2 rings (SSSR count). The lowest BCUT2D eigenvalue weighted by Gasteiger charge is -2.38. The number of carboxylic acid groups (broad SMARTS) is 1. The molecule has 0 saturated carbocycles. The quantitative estimate of drug-likeness (QED) is 0.880. The molecule has 2 atom stereocenters. The number of rotatable bonds is 3. The van der Waals surface area contributed by atoms with Crippen LogP contribution in [0.5, 0.6) is 5.75 Å². The molecule has 0 radical (unpaired) electrons. The molecule has 1 aromatic rings. The first-order valence-electron chi connectivity index (χ1n) is 6.78. The minimum atomic E-state index is -0.894. The van der Waals surface area contributed by atoms with Crippen LogP contribution in [0.1, 0.15) is 43.4 Å². The molecular formula is C15H21NO3. The largest absolute Gasteiger partial charge is 0.508 e. The highest BCUT2D eigenvalue weighted by Crippen LogP contribution is 2.33. The number of aromatic hydroxyl groups is 1. The average molecular weight is 263 g/mol. The number of aliphatic carboxylic acids is 1. The van der Waals surface area contributed by atoms with Crippen molar-refractivity contribution in [1.29, 1.82) is 0 Å². The van der Waals surface area contributed by atoms with E-state index in [1.807, 2.05) is 11.8 Å². The zero-order chi connectivity index (χ0) is 14.0. The fraction of sp³-hybridized carbons (Fsp3) is 0.533. The van der Waals surface area contributed by atoms with E-state index in [1.54, 1.807) is 18.2 Å². The van der Waals surface area contributed by atoms with Gasteiger partial charge in [0.15, 0.2) is 0 Å². The summed E-state index contributed by atoms with van der Waals surface area (Å²) in [6.07, 6.45) is 3.17. The maximum absolute atomic E-state index is 11.7. The molecule has 1 heterocycles. The van der Waals surface area contributed by atoms with Crippen LogP contribution in [0.2, 0.25) is 0 Å². The number of hydrogen-bond donors (Lipinski definition) is 2. The summed E-state index contributed by atoms with van der Waals surface area (Å²) in [5.41, 5.74) is 1.46. The summed E-state index contributed by atoms with van der Waals surface area (Å²) in [5.74, 6) is -0.828. The highest BCUT2D eigenvalue weighted by Gasteiger charge is 2.33. The highest BCUT2D eigenvalue weighted by atomic mass is 16.4. The maximum Gasteiger partial charge on any atom is 0.325 e. The van der Waals surface area contributed by atoms with Crippen molar-refractivity contribution in [3.63, 3.8) is 0 Å². The molecule has 1 aliphatic rings. The standard InChI is InChI=1S/C15H21NO3/c1-10-6-7-13(17)12(9-10)14(15(18)19)16-8-4-3-5-11(16)2/h6-7,9,11,14,17H,3-5,8H2,1-2H3,(H,18,19). The number of benzene rings is 1. The minimum Gasteiger partial charge on any atom is -0.508 e. The zero-order valence-corrected chi connectivity index (χ0v) is 11.5. The Bertz CT molecular complexity index is 472. The van der Waals surface area contributed by atoms with E-state index in [-0.39, 0.29) is 11.8 Å². The van der Waals surface area contributed by atoms with Crippen molar-refractivity contribution in [3.05, 3.63) is 29.3 Å². The number of phenols is 1. The Hall–Kier alpha value is -1.55. The van der Waals surface area contributed by atoms with E-state index in [2.05, 4.69) is 6.92 Å². The maximum atomic E-state index is 11.7. The van der Waals surface area contributed by atoms with Gasteiger partial charge in [-0.25, -0.2) is 0 Å². The summed E-state index contributed by atoms with van der Waals surface area (Å²) in [4.78, 5) is 13.6.